The van der Waals surface area contributed by atoms with E-state index in [1.54, 1.807) is 7.11 Å². The fraction of sp³-hybridized carbons (Fsp3) is 0.550. The van der Waals surface area contributed by atoms with Gasteiger partial charge >= 0.3 is 0 Å². The molecule has 122 valence electrons. The zero-order valence-corrected chi connectivity index (χ0v) is 14.0. The van der Waals surface area contributed by atoms with E-state index in [0.29, 0.717) is 6.04 Å². The van der Waals surface area contributed by atoms with Gasteiger partial charge in [0.05, 0.1) is 7.11 Å². The molecule has 0 saturated heterocycles. The summed E-state index contributed by atoms with van der Waals surface area (Å²) in [4.78, 5) is 4.97. The normalized spacial score (nSPS) is 18.3. The smallest absolute Gasteiger partial charge is 0.145 e. The Hall–Kier alpha value is -1.61. The van der Waals surface area contributed by atoms with E-state index in [1.807, 2.05) is 6.07 Å². The van der Waals surface area contributed by atoms with E-state index in [-0.39, 0.29) is 0 Å². The van der Waals surface area contributed by atoms with Gasteiger partial charge in [-0.2, -0.15) is 0 Å². The number of fused-ring (bicyclic) bond motifs is 2. The van der Waals surface area contributed by atoms with Crippen molar-refractivity contribution in [3.8, 4) is 5.75 Å². The molecule has 4 rings (SSSR count). The summed E-state index contributed by atoms with van der Waals surface area (Å²) in [5.41, 5.74) is 5.31. The molecule has 2 aliphatic rings. The monoisotopic (exact) mass is 310 g/mol. The molecular weight excluding hydrogens is 284 g/mol. The van der Waals surface area contributed by atoms with Crippen molar-refractivity contribution >= 4 is 10.9 Å². The summed E-state index contributed by atoms with van der Waals surface area (Å²) in [7, 11) is 1.74. The molecule has 2 aromatic rings. The Morgan fingerprint density at radius 3 is 2.78 bits per heavy atom. The fourth-order valence-electron chi connectivity index (χ4n) is 4.26. The van der Waals surface area contributed by atoms with Crippen molar-refractivity contribution in [2.75, 3.05) is 7.11 Å². The third-order valence-corrected chi connectivity index (χ3v) is 5.52. The maximum atomic E-state index is 5.57. The highest BCUT2D eigenvalue weighted by Crippen LogP contribution is 2.33. The largest absolute Gasteiger partial charge is 0.494 e. The first-order valence-electron chi connectivity index (χ1n) is 9.07. The topological polar surface area (TPSA) is 34.1 Å². The fourth-order valence-corrected chi connectivity index (χ4v) is 4.26. The number of benzene rings is 1. The van der Waals surface area contributed by atoms with E-state index in [0.717, 1.165) is 24.2 Å². The van der Waals surface area contributed by atoms with E-state index < -0.39 is 0 Å². The maximum absolute atomic E-state index is 5.57. The molecule has 3 nitrogen and oxygen atoms in total. The van der Waals surface area contributed by atoms with Gasteiger partial charge in [0.25, 0.3) is 0 Å². The SMILES string of the molecule is COc1cccc2c(CNC3CCCC3)c3c(nc12)CCCC3. The average molecular weight is 310 g/mol. The molecule has 0 spiro atoms. The molecule has 0 radical (unpaired) electrons. The van der Waals surface area contributed by atoms with Crippen molar-refractivity contribution in [1.29, 1.82) is 0 Å². The minimum absolute atomic E-state index is 0.697. The number of nitrogens with zero attached hydrogens (tertiary/aromatic N) is 1. The minimum atomic E-state index is 0.697. The van der Waals surface area contributed by atoms with Crippen molar-refractivity contribution in [2.45, 2.75) is 64.0 Å². The van der Waals surface area contributed by atoms with Gasteiger partial charge in [-0.25, -0.2) is 4.98 Å². The summed E-state index contributed by atoms with van der Waals surface area (Å²) in [6, 6.07) is 7.03. The molecule has 0 amide bonds. The zero-order chi connectivity index (χ0) is 15.6. The molecule has 1 saturated carbocycles. The van der Waals surface area contributed by atoms with Crippen molar-refractivity contribution in [1.82, 2.24) is 10.3 Å². The van der Waals surface area contributed by atoms with Crippen LogP contribution in [0.5, 0.6) is 5.75 Å². The second kappa shape index (κ2) is 6.48. The van der Waals surface area contributed by atoms with E-state index in [4.69, 9.17) is 9.72 Å². The van der Waals surface area contributed by atoms with E-state index in [1.165, 1.54) is 67.2 Å². The lowest BCUT2D eigenvalue weighted by Crippen LogP contribution is -2.26. The molecule has 1 aromatic carbocycles. The number of para-hydroxylation sites is 1. The molecule has 1 fully saturated rings. The van der Waals surface area contributed by atoms with Crippen molar-refractivity contribution < 1.29 is 4.74 Å². The summed E-state index contributed by atoms with van der Waals surface area (Å²) in [5, 5.41) is 5.08. The predicted octanol–water partition coefficient (Wildman–Crippen LogP) is 4.15. The van der Waals surface area contributed by atoms with Gasteiger partial charge in [-0.3, -0.25) is 0 Å². The van der Waals surface area contributed by atoms with Gasteiger partial charge < -0.3 is 10.1 Å². The standard InChI is InChI=1S/C20H26N2O/c1-23-19-12-6-10-16-17(13-21-14-7-2-3-8-14)15-9-4-5-11-18(15)22-20(16)19/h6,10,12,14,21H,2-5,7-9,11,13H2,1H3. The molecule has 1 N–H and O–H groups in total. The van der Waals surface area contributed by atoms with Crippen LogP contribution in [0.4, 0.5) is 0 Å². The summed E-state index contributed by atoms with van der Waals surface area (Å²) in [6.07, 6.45) is 10.2. The third kappa shape index (κ3) is 2.83. The van der Waals surface area contributed by atoms with Gasteiger partial charge in [0.15, 0.2) is 0 Å². The summed E-state index contributed by atoms with van der Waals surface area (Å²) in [6.45, 7) is 0.971. The molecular formula is C20H26N2O. The maximum Gasteiger partial charge on any atom is 0.145 e. The van der Waals surface area contributed by atoms with Crippen molar-refractivity contribution in [3.05, 3.63) is 35.0 Å². The van der Waals surface area contributed by atoms with Crippen LogP contribution < -0.4 is 10.1 Å². The Kier molecular flexibility index (Phi) is 4.21. The van der Waals surface area contributed by atoms with Gasteiger partial charge in [-0.1, -0.05) is 25.0 Å². The Bertz CT molecular complexity index is 704. The van der Waals surface area contributed by atoms with E-state index in [9.17, 15) is 0 Å². The molecule has 0 unspecified atom stereocenters. The van der Waals surface area contributed by atoms with Crippen LogP contribution >= 0.6 is 0 Å². The second-order valence-electron chi connectivity index (χ2n) is 6.94. The molecule has 1 aromatic heterocycles. The summed E-state index contributed by atoms with van der Waals surface area (Å²) >= 11 is 0. The van der Waals surface area contributed by atoms with Crippen molar-refractivity contribution in [2.24, 2.45) is 0 Å². The highest BCUT2D eigenvalue weighted by molar-refractivity contribution is 5.88. The Morgan fingerprint density at radius 1 is 1.13 bits per heavy atom. The van der Waals surface area contributed by atoms with Crippen LogP contribution in [0.25, 0.3) is 10.9 Å². The number of ether oxygens (including phenoxy) is 1. The zero-order valence-electron chi connectivity index (χ0n) is 14.0. The van der Waals surface area contributed by atoms with Gasteiger partial charge in [0.1, 0.15) is 11.3 Å². The van der Waals surface area contributed by atoms with Crippen LogP contribution in [0.2, 0.25) is 0 Å². The van der Waals surface area contributed by atoms with Crippen molar-refractivity contribution in [3.63, 3.8) is 0 Å². The number of aryl methyl sites for hydroxylation is 1. The number of hydrogen-bond donors (Lipinski definition) is 1. The van der Waals surface area contributed by atoms with Crippen LogP contribution in [0.3, 0.4) is 0 Å². The van der Waals surface area contributed by atoms with Crippen LogP contribution in [-0.2, 0) is 19.4 Å². The van der Waals surface area contributed by atoms with E-state index in [2.05, 4.69) is 17.4 Å². The Morgan fingerprint density at radius 2 is 1.96 bits per heavy atom. The Labute approximate surface area is 138 Å². The molecule has 23 heavy (non-hydrogen) atoms. The first-order valence-corrected chi connectivity index (χ1v) is 9.07. The van der Waals surface area contributed by atoms with Gasteiger partial charge in [-0.05, 0) is 55.7 Å². The highest BCUT2D eigenvalue weighted by Gasteiger charge is 2.21. The number of methoxy groups -OCH3 is 1. The minimum Gasteiger partial charge on any atom is -0.494 e. The lowest BCUT2D eigenvalue weighted by Gasteiger charge is -2.23. The van der Waals surface area contributed by atoms with Crippen LogP contribution in [-0.4, -0.2) is 18.1 Å². The van der Waals surface area contributed by atoms with Gasteiger partial charge in [0.2, 0.25) is 0 Å². The molecule has 2 aliphatic carbocycles. The summed E-state index contributed by atoms with van der Waals surface area (Å²) < 4.78 is 5.57. The molecule has 1 heterocycles. The molecule has 0 atom stereocenters. The first kappa shape index (κ1) is 14.9. The lowest BCUT2D eigenvalue weighted by molar-refractivity contribution is 0.418. The van der Waals surface area contributed by atoms with Crippen LogP contribution in [0.1, 0.15) is 55.3 Å². The summed E-state index contributed by atoms with van der Waals surface area (Å²) in [5.74, 6) is 0.901. The number of aromatic nitrogens is 1. The lowest BCUT2D eigenvalue weighted by atomic mass is 9.89. The number of nitrogens with one attached hydrogen (secondary N) is 1. The van der Waals surface area contributed by atoms with E-state index >= 15 is 0 Å². The van der Waals surface area contributed by atoms with Crippen LogP contribution in [0, 0.1) is 0 Å². The number of hydrogen-bond acceptors (Lipinski definition) is 3. The molecule has 0 bridgehead atoms. The quantitative estimate of drug-likeness (QED) is 0.921. The second-order valence-corrected chi connectivity index (χ2v) is 6.94. The van der Waals surface area contributed by atoms with Gasteiger partial charge in [-0.15, -0.1) is 0 Å². The molecule has 0 aliphatic heterocycles. The predicted molar refractivity (Wildman–Crippen MR) is 94.0 cm³/mol. The highest BCUT2D eigenvalue weighted by atomic mass is 16.5. The molecule has 3 heteroatoms. The number of rotatable bonds is 4. The van der Waals surface area contributed by atoms with Crippen LogP contribution in [0.15, 0.2) is 18.2 Å². The van der Waals surface area contributed by atoms with Gasteiger partial charge in [0, 0.05) is 23.7 Å². The number of pyridine rings is 1. The third-order valence-electron chi connectivity index (χ3n) is 5.52. The average Bonchev–Trinajstić information content (AvgIpc) is 3.11. The first-order chi connectivity index (χ1) is 11.4. The Balaban J connectivity index is 1.78.